The minimum absolute atomic E-state index is 0. The zero-order valence-electron chi connectivity index (χ0n) is 25.3. The van der Waals surface area contributed by atoms with E-state index >= 15 is 0 Å². The summed E-state index contributed by atoms with van der Waals surface area (Å²) in [6.07, 6.45) is 27.7. The number of nitrogens with zero attached hydrogens (tertiary/aromatic N) is 1. The molecule has 0 aliphatic carbocycles. The van der Waals surface area contributed by atoms with Gasteiger partial charge in [-0.05, 0) is 12.8 Å². The van der Waals surface area contributed by atoms with Crippen LogP contribution in [0, 0.1) is 0 Å². The monoisotopic (exact) mass is 533 g/mol. The predicted octanol–water partition coefficient (Wildman–Crippen LogP) is 6.55. The molecule has 0 aliphatic rings. The van der Waals surface area contributed by atoms with Crippen molar-refractivity contribution in [2.24, 2.45) is 0 Å². The molecule has 0 spiro atoms. The van der Waals surface area contributed by atoms with Crippen LogP contribution < -0.4 is 12.4 Å². The summed E-state index contributed by atoms with van der Waals surface area (Å²) in [6.45, 7) is 7.10. The fourth-order valence-corrected chi connectivity index (χ4v) is 4.41. The van der Waals surface area contributed by atoms with Crippen molar-refractivity contribution in [3.05, 3.63) is 0 Å². The number of hydrogen-bond acceptors (Lipinski definition) is 3. The van der Waals surface area contributed by atoms with Gasteiger partial charge in [-0.15, -0.1) is 0 Å². The Morgan fingerprint density at radius 3 is 1.28 bits per heavy atom. The SMILES string of the molecule is CCCCCCCCCCCCCCOC(C)(OC(=O)CCCCCCCCCCC)[N+](C)(C)C.[Cl-]. The molecule has 0 bridgehead atoms. The molecule has 36 heavy (non-hydrogen) atoms. The summed E-state index contributed by atoms with van der Waals surface area (Å²) in [7, 11) is 6.11. The van der Waals surface area contributed by atoms with E-state index in [1.54, 1.807) is 0 Å². The Labute approximate surface area is 232 Å². The van der Waals surface area contributed by atoms with E-state index < -0.39 is 5.91 Å². The average Bonchev–Trinajstić information content (AvgIpc) is 2.80. The first-order valence-corrected chi connectivity index (χ1v) is 15.4. The fraction of sp³-hybridized carbons (Fsp3) is 0.968. The molecule has 0 aromatic heterocycles. The van der Waals surface area contributed by atoms with Crippen LogP contribution in [0.1, 0.15) is 162 Å². The minimum Gasteiger partial charge on any atom is -1.00 e. The highest BCUT2D eigenvalue weighted by Gasteiger charge is 2.43. The Balaban J connectivity index is 0. The third-order valence-electron chi connectivity index (χ3n) is 7.37. The van der Waals surface area contributed by atoms with Gasteiger partial charge in [0, 0.05) is 6.42 Å². The van der Waals surface area contributed by atoms with Crippen LogP contribution in [0.3, 0.4) is 0 Å². The van der Waals surface area contributed by atoms with Crippen LogP contribution in [0.2, 0.25) is 0 Å². The first-order valence-electron chi connectivity index (χ1n) is 15.4. The first-order chi connectivity index (χ1) is 16.8. The van der Waals surface area contributed by atoms with E-state index in [0.717, 1.165) is 19.3 Å². The zero-order valence-corrected chi connectivity index (χ0v) is 26.1. The number of carbonyl (C=O) groups excluding carboxylic acids is 1. The third kappa shape index (κ3) is 21.7. The van der Waals surface area contributed by atoms with E-state index in [4.69, 9.17) is 9.47 Å². The minimum atomic E-state index is -0.922. The van der Waals surface area contributed by atoms with Crippen LogP contribution in [0.25, 0.3) is 0 Å². The number of ether oxygens (including phenoxy) is 2. The second-order valence-corrected chi connectivity index (χ2v) is 11.7. The van der Waals surface area contributed by atoms with Crippen molar-refractivity contribution >= 4 is 5.97 Å². The number of halogens is 1. The van der Waals surface area contributed by atoms with E-state index in [-0.39, 0.29) is 18.4 Å². The summed E-state index contributed by atoms with van der Waals surface area (Å²) in [6, 6.07) is 0. The third-order valence-corrected chi connectivity index (χ3v) is 7.37. The van der Waals surface area contributed by atoms with Crippen molar-refractivity contribution in [2.45, 2.75) is 168 Å². The van der Waals surface area contributed by atoms with Gasteiger partial charge in [0.15, 0.2) is 0 Å². The van der Waals surface area contributed by atoms with Crippen LogP contribution in [0.4, 0.5) is 0 Å². The van der Waals surface area contributed by atoms with Gasteiger partial charge >= 0.3 is 11.9 Å². The molecule has 0 N–H and O–H groups in total. The summed E-state index contributed by atoms with van der Waals surface area (Å²) in [5, 5.41) is 0. The van der Waals surface area contributed by atoms with Gasteiger partial charge in [-0.1, -0.05) is 136 Å². The van der Waals surface area contributed by atoms with Gasteiger partial charge in [-0.3, -0.25) is 14.0 Å². The standard InChI is InChI=1S/C31H64NO3.ClH/c1-7-9-11-13-15-17-18-19-21-23-25-27-29-34-31(3,32(4,5)6)35-30(33)28-26-24-22-20-16-14-12-10-8-2;/h7-29H2,1-6H3;1H/q+1;/p-1. The quantitative estimate of drug-likeness (QED) is 0.0547. The fourth-order valence-electron chi connectivity index (χ4n) is 4.41. The van der Waals surface area contributed by atoms with Crippen LogP contribution >= 0.6 is 0 Å². The van der Waals surface area contributed by atoms with Crippen LogP contribution in [-0.4, -0.2) is 44.1 Å². The highest BCUT2D eigenvalue weighted by Crippen LogP contribution is 2.24. The topological polar surface area (TPSA) is 35.5 Å². The van der Waals surface area contributed by atoms with Crippen LogP contribution in [0.15, 0.2) is 0 Å². The molecule has 0 heterocycles. The molecule has 218 valence electrons. The van der Waals surface area contributed by atoms with E-state index in [1.807, 2.05) is 28.1 Å². The second kappa shape index (κ2) is 25.0. The summed E-state index contributed by atoms with van der Waals surface area (Å²) < 4.78 is 12.5. The van der Waals surface area contributed by atoms with Gasteiger partial charge in [-0.25, -0.2) is 0 Å². The molecule has 0 saturated heterocycles. The Morgan fingerprint density at radius 1 is 0.583 bits per heavy atom. The molecule has 0 aliphatic heterocycles. The highest BCUT2D eigenvalue weighted by molar-refractivity contribution is 5.69. The van der Waals surface area contributed by atoms with E-state index in [0.29, 0.717) is 17.5 Å². The summed E-state index contributed by atoms with van der Waals surface area (Å²) in [5.41, 5.74) is 0. The number of hydrogen-bond donors (Lipinski definition) is 0. The number of rotatable bonds is 26. The van der Waals surface area contributed by atoms with Crippen molar-refractivity contribution in [2.75, 3.05) is 27.7 Å². The zero-order chi connectivity index (χ0) is 26.3. The maximum atomic E-state index is 12.5. The van der Waals surface area contributed by atoms with E-state index in [2.05, 4.69) is 13.8 Å². The Morgan fingerprint density at radius 2 is 0.917 bits per heavy atom. The van der Waals surface area contributed by atoms with Gasteiger partial charge < -0.3 is 17.1 Å². The molecule has 1 unspecified atom stereocenters. The molecular formula is C31H64ClNO3. The molecule has 0 aromatic carbocycles. The van der Waals surface area contributed by atoms with Crippen LogP contribution in [0.5, 0.6) is 0 Å². The lowest BCUT2D eigenvalue weighted by atomic mass is 10.1. The molecule has 1 atom stereocenters. The summed E-state index contributed by atoms with van der Waals surface area (Å²) in [5.74, 6) is -1.05. The molecule has 0 radical (unpaired) electrons. The maximum absolute atomic E-state index is 12.5. The molecule has 0 fully saturated rings. The summed E-state index contributed by atoms with van der Waals surface area (Å²) >= 11 is 0. The maximum Gasteiger partial charge on any atom is 0.359 e. The molecule has 0 amide bonds. The lowest BCUT2D eigenvalue weighted by Crippen LogP contribution is -3.00. The normalized spacial score (nSPS) is 13.3. The van der Waals surface area contributed by atoms with Crippen molar-refractivity contribution in [1.29, 1.82) is 0 Å². The Bertz CT molecular complexity index is 481. The average molecular weight is 534 g/mol. The van der Waals surface area contributed by atoms with E-state index in [9.17, 15) is 4.79 Å². The van der Waals surface area contributed by atoms with Gasteiger partial charge in [0.05, 0.1) is 34.7 Å². The Kier molecular flexibility index (Phi) is 26.3. The summed E-state index contributed by atoms with van der Waals surface area (Å²) in [4.78, 5) is 12.5. The van der Waals surface area contributed by atoms with Crippen molar-refractivity contribution < 1.29 is 31.2 Å². The van der Waals surface area contributed by atoms with Crippen molar-refractivity contribution in [1.82, 2.24) is 0 Å². The lowest BCUT2D eigenvalue weighted by Gasteiger charge is -2.41. The van der Waals surface area contributed by atoms with Gasteiger partial charge in [0.1, 0.15) is 0 Å². The van der Waals surface area contributed by atoms with Crippen molar-refractivity contribution in [3.63, 3.8) is 0 Å². The van der Waals surface area contributed by atoms with Gasteiger partial charge in [-0.2, -0.15) is 0 Å². The molecule has 4 nitrogen and oxygen atoms in total. The van der Waals surface area contributed by atoms with Crippen LogP contribution in [-0.2, 0) is 14.3 Å². The Hall–Kier alpha value is -0.320. The highest BCUT2D eigenvalue weighted by atomic mass is 35.5. The van der Waals surface area contributed by atoms with Gasteiger partial charge in [0.25, 0.3) is 0 Å². The van der Waals surface area contributed by atoms with Gasteiger partial charge in [0.2, 0.25) is 0 Å². The second-order valence-electron chi connectivity index (χ2n) is 11.7. The molecule has 0 saturated carbocycles. The lowest BCUT2D eigenvalue weighted by molar-refractivity contribution is -0.975. The number of esters is 1. The number of unbranched alkanes of at least 4 members (excludes halogenated alkanes) is 19. The molecule has 0 rings (SSSR count). The number of carbonyl (C=O) groups is 1. The largest absolute Gasteiger partial charge is 1.00 e. The van der Waals surface area contributed by atoms with Crippen molar-refractivity contribution in [3.8, 4) is 0 Å². The number of quaternary nitrogens is 1. The smallest absolute Gasteiger partial charge is 0.359 e. The van der Waals surface area contributed by atoms with E-state index in [1.165, 1.54) is 116 Å². The molecule has 5 heteroatoms. The molecular weight excluding hydrogens is 470 g/mol. The first kappa shape index (κ1) is 37.8. The molecule has 0 aromatic rings. The predicted molar refractivity (Wildman–Crippen MR) is 151 cm³/mol.